The average Bonchev–Trinajstić information content (AvgIpc) is 2.34. The molecule has 0 saturated carbocycles. The van der Waals surface area contributed by atoms with Crippen molar-refractivity contribution in [3.63, 3.8) is 0 Å². The van der Waals surface area contributed by atoms with Gasteiger partial charge in [0.2, 0.25) is 0 Å². The Morgan fingerprint density at radius 3 is 2.71 bits per heavy atom. The average molecular weight is 412 g/mol. The Hall–Kier alpha value is -0.140. The fourth-order valence-electron chi connectivity index (χ4n) is 1.42. The van der Waals surface area contributed by atoms with E-state index in [9.17, 15) is 4.79 Å². The van der Waals surface area contributed by atoms with Crippen LogP contribution in [0.15, 0.2) is 24.3 Å². The van der Waals surface area contributed by atoms with Crippen LogP contribution < -0.4 is 0 Å². The molecule has 94 valence electrons. The van der Waals surface area contributed by atoms with Crippen molar-refractivity contribution >= 4 is 44.4 Å². The monoisotopic (exact) mass is 411 g/mol. The number of ether oxygens (including phenoxy) is 1. The quantitative estimate of drug-likeness (QED) is 0.532. The van der Waals surface area contributed by atoms with Gasteiger partial charge in [0.25, 0.3) is 5.91 Å². The van der Waals surface area contributed by atoms with Gasteiger partial charge in [0.15, 0.2) is 0 Å². The number of rotatable bonds is 6. The molecule has 0 unspecified atom stereocenters. The Morgan fingerprint density at radius 1 is 1.41 bits per heavy atom. The maximum absolute atomic E-state index is 12.3. The molecule has 0 N–H and O–H groups in total. The van der Waals surface area contributed by atoms with E-state index in [1.165, 1.54) is 0 Å². The first-order valence-electron chi connectivity index (χ1n) is 5.29. The van der Waals surface area contributed by atoms with Gasteiger partial charge in [-0.05, 0) is 34.7 Å². The summed E-state index contributed by atoms with van der Waals surface area (Å²) in [4.78, 5) is 14.1. The van der Waals surface area contributed by atoms with Crippen molar-refractivity contribution in [3.8, 4) is 0 Å². The molecule has 1 aromatic carbocycles. The molecule has 0 saturated heterocycles. The second-order valence-corrected chi connectivity index (χ2v) is 5.41. The van der Waals surface area contributed by atoms with E-state index in [-0.39, 0.29) is 5.91 Å². The minimum absolute atomic E-state index is 0.0616. The predicted octanol–water partition coefficient (Wildman–Crippen LogP) is 2.77. The van der Waals surface area contributed by atoms with Crippen LogP contribution in [-0.4, -0.2) is 42.9 Å². The third-order valence-electron chi connectivity index (χ3n) is 2.31. The lowest BCUT2D eigenvalue weighted by molar-refractivity contribution is 0.0708. The van der Waals surface area contributed by atoms with Crippen LogP contribution in [0.1, 0.15) is 10.4 Å². The van der Waals surface area contributed by atoms with Crippen molar-refractivity contribution in [3.05, 3.63) is 33.4 Å². The summed E-state index contributed by atoms with van der Waals surface area (Å²) in [7, 11) is 1.64. The van der Waals surface area contributed by atoms with Crippen molar-refractivity contribution in [2.24, 2.45) is 0 Å². The molecule has 0 aromatic heterocycles. The van der Waals surface area contributed by atoms with E-state index in [0.717, 1.165) is 14.5 Å². The first kappa shape index (κ1) is 14.9. The normalized spacial score (nSPS) is 10.3. The number of alkyl halides is 1. The highest BCUT2D eigenvalue weighted by atomic mass is 127. The molecule has 3 nitrogen and oxygen atoms in total. The molecule has 1 amide bonds. The summed E-state index contributed by atoms with van der Waals surface area (Å²) in [5.74, 6) is 0.0616. The van der Waals surface area contributed by atoms with Crippen LogP contribution in [0.3, 0.4) is 0 Å². The third-order valence-corrected chi connectivity index (χ3v) is 3.61. The molecule has 0 fully saturated rings. The molecule has 0 radical (unpaired) electrons. The molecule has 0 bridgehead atoms. The lowest BCUT2D eigenvalue weighted by Crippen LogP contribution is -2.35. The molecule has 0 aliphatic heterocycles. The van der Waals surface area contributed by atoms with Gasteiger partial charge < -0.3 is 9.64 Å². The van der Waals surface area contributed by atoms with Crippen LogP contribution >= 0.6 is 38.5 Å². The minimum Gasteiger partial charge on any atom is -0.383 e. The number of benzene rings is 1. The van der Waals surface area contributed by atoms with Crippen molar-refractivity contribution in [1.29, 1.82) is 0 Å². The Kier molecular flexibility index (Phi) is 7.06. The van der Waals surface area contributed by atoms with Crippen molar-refractivity contribution in [2.45, 2.75) is 0 Å². The number of halogens is 2. The summed E-state index contributed by atoms with van der Waals surface area (Å²) in [6, 6.07) is 7.62. The number of methoxy groups -OCH3 is 1. The Morgan fingerprint density at radius 2 is 2.12 bits per heavy atom. The van der Waals surface area contributed by atoms with Crippen molar-refractivity contribution in [1.82, 2.24) is 4.90 Å². The van der Waals surface area contributed by atoms with E-state index < -0.39 is 0 Å². The van der Waals surface area contributed by atoms with Crippen LogP contribution in [-0.2, 0) is 4.74 Å². The number of hydrogen-bond acceptors (Lipinski definition) is 2. The molecule has 17 heavy (non-hydrogen) atoms. The molecule has 0 heterocycles. The van der Waals surface area contributed by atoms with Gasteiger partial charge in [0.1, 0.15) is 0 Å². The fourth-order valence-corrected chi connectivity index (χ4v) is 2.47. The summed E-state index contributed by atoms with van der Waals surface area (Å²) >= 11 is 5.55. The summed E-state index contributed by atoms with van der Waals surface area (Å²) in [6.45, 7) is 1.86. The van der Waals surface area contributed by atoms with Gasteiger partial charge in [-0.3, -0.25) is 4.79 Å². The largest absolute Gasteiger partial charge is 0.383 e. The lowest BCUT2D eigenvalue weighted by atomic mass is 10.2. The number of nitrogens with zero attached hydrogens (tertiary/aromatic N) is 1. The van der Waals surface area contributed by atoms with Crippen LogP contribution in [0.25, 0.3) is 0 Å². The van der Waals surface area contributed by atoms with Gasteiger partial charge in [-0.25, -0.2) is 0 Å². The highest BCUT2D eigenvalue weighted by Crippen LogP contribution is 2.14. The van der Waals surface area contributed by atoms with Crippen molar-refractivity contribution < 1.29 is 9.53 Å². The fraction of sp³-hybridized carbons (Fsp3) is 0.417. The molecular formula is C12H15BrINO2. The van der Waals surface area contributed by atoms with E-state index in [2.05, 4.69) is 38.5 Å². The zero-order valence-corrected chi connectivity index (χ0v) is 13.4. The first-order valence-corrected chi connectivity index (χ1v) is 7.49. The Labute approximate surface area is 124 Å². The van der Waals surface area contributed by atoms with Crippen LogP contribution in [0, 0.1) is 3.57 Å². The molecule has 0 aliphatic rings. The minimum atomic E-state index is 0.0616. The van der Waals surface area contributed by atoms with Crippen molar-refractivity contribution in [2.75, 3.05) is 32.1 Å². The van der Waals surface area contributed by atoms with E-state index >= 15 is 0 Å². The van der Waals surface area contributed by atoms with Gasteiger partial charge in [-0.2, -0.15) is 0 Å². The highest BCUT2D eigenvalue weighted by Gasteiger charge is 2.16. The van der Waals surface area contributed by atoms with Gasteiger partial charge in [0.05, 0.1) is 12.2 Å². The number of carbonyl (C=O) groups excluding carboxylic acids is 1. The van der Waals surface area contributed by atoms with E-state index in [4.69, 9.17) is 4.74 Å². The first-order chi connectivity index (χ1) is 8.20. The summed E-state index contributed by atoms with van der Waals surface area (Å²) in [5, 5.41) is 0.770. The van der Waals surface area contributed by atoms with Crippen LogP contribution in [0.2, 0.25) is 0 Å². The standard InChI is InChI=1S/C12H15BrINO2/c1-17-9-8-15(7-6-13)12(16)10-4-2-3-5-11(10)14/h2-5H,6-9H2,1H3. The number of hydrogen-bond donors (Lipinski definition) is 0. The van der Waals surface area contributed by atoms with E-state index in [1.807, 2.05) is 24.3 Å². The zero-order chi connectivity index (χ0) is 12.7. The molecule has 1 aromatic rings. The molecule has 5 heteroatoms. The molecule has 1 rings (SSSR count). The lowest BCUT2D eigenvalue weighted by Gasteiger charge is -2.22. The van der Waals surface area contributed by atoms with Gasteiger partial charge in [-0.1, -0.05) is 28.1 Å². The Balaban J connectivity index is 2.80. The Bertz CT molecular complexity index is 373. The number of amides is 1. The van der Waals surface area contributed by atoms with E-state index in [1.54, 1.807) is 12.0 Å². The van der Waals surface area contributed by atoms with Gasteiger partial charge in [-0.15, -0.1) is 0 Å². The van der Waals surface area contributed by atoms with Gasteiger partial charge in [0, 0.05) is 29.1 Å². The van der Waals surface area contributed by atoms with E-state index in [0.29, 0.717) is 19.7 Å². The van der Waals surface area contributed by atoms with Crippen LogP contribution in [0.5, 0.6) is 0 Å². The SMILES string of the molecule is COCCN(CCBr)C(=O)c1ccccc1I. The van der Waals surface area contributed by atoms with Gasteiger partial charge >= 0.3 is 0 Å². The third kappa shape index (κ3) is 4.56. The maximum Gasteiger partial charge on any atom is 0.255 e. The zero-order valence-electron chi connectivity index (χ0n) is 9.66. The topological polar surface area (TPSA) is 29.5 Å². The van der Waals surface area contributed by atoms with Crippen LogP contribution in [0.4, 0.5) is 0 Å². The summed E-state index contributed by atoms with van der Waals surface area (Å²) in [5.41, 5.74) is 0.755. The molecular weight excluding hydrogens is 397 g/mol. The predicted molar refractivity (Wildman–Crippen MR) is 80.7 cm³/mol. The second kappa shape index (κ2) is 8.05. The second-order valence-electron chi connectivity index (χ2n) is 3.45. The smallest absolute Gasteiger partial charge is 0.255 e. The molecule has 0 spiro atoms. The molecule has 0 atom stereocenters. The number of carbonyl (C=O) groups is 1. The summed E-state index contributed by atoms with van der Waals surface area (Å²) in [6.07, 6.45) is 0. The molecule has 0 aliphatic carbocycles. The highest BCUT2D eigenvalue weighted by molar-refractivity contribution is 14.1. The maximum atomic E-state index is 12.3. The summed E-state index contributed by atoms with van der Waals surface area (Å²) < 4.78 is 6.00.